The highest BCUT2D eigenvalue weighted by atomic mass is 35.5. The molecule has 17 heavy (non-hydrogen) atoms. The maximum Gasteiger partial charge on any atom is 0.156 e. The second-order valence-electron chi connectivity index (χ2n) is 5.02. The maximum atomic E-state index is 6.10. The molecule has 92 valence electrons. The zero-order valence-corrected chi connectivity index (χ0v) is 11.7. The van der Waals surface area contributed by atoms with Crippen molar-refractivity contribution in [2.45, 2.75) is 20.4 Å². The highest BCUT2D eigenvalue weighted by Crippen LogP contribution is 2.27. The zero-order valence-electron chi connectivity index (χ0n) is 10.2. The highest BCUT2D eigenvalue weighted by Gasteiger charge is 2.23. The number of halogens is 1. The van der Waals surface area contributed by atoms with E-state index >= 15 is 0 Å². The normalized spacial score (nSPS) is 18.6. The lowest BCUT2D eigenvalue weighted by molar-refractivity contribution is 0.436. The number of hydrogen-bond donors (Lipinski definition) is 1. The van der Waals surface area contributed by atoms with Crippen molar-refractivity contribution in [3.05, 3.63) is 34.9 Å². The topological polar surface area (TPSA) is 24.4 Å². The Hall–Kier alpha value is -0.670. The van der Waals surface area contributed by atoms with E-state index in [1.54, 1.807) is 11.8 Å². The van der Waals surface area contributed by atoms with E-state index in [0.717, 1.165) is 34.6 Å². The summed E-state index contributed by atoms with van der Waals surface area (Å²) in [4.78, 5) is 4.55. The Morgan fingerprint density at radius 3 is 2.82 bits per heavy atom. The molecule has 1 aliphatic rings. The van der Waals surface area contributed by atoms with Crippen LogP contribution < -0.4 is 5.32 Å². The fourth-order valence-electron chi connectivity index (χ4n) is 1.56. The van der Waals surface area contributed by atoms with Gasteiger partial charge in [-0.3, -0.25) is 4.99 Å². The third-order valence-corrected chi connectivity index (χ3v) is 4.48. The van der Waals surface area contributed by atoms with Crippen LogP contribution in [0.15, 0.2) is 29.3 Å². The first-order valence-electron chi connectivity index (χ1n) is 5.71. The minimum atomic E-state index is 0.320. The lowest BCUT2D eigenvalue weighted by Gasteiger charge is -2.27. The SMILES string of the molecule is CC1(C)CN=C(NCc2ccccc2Cl)SC1. The number of nitrogens with one attached hydrogen (secondary N) is 1. The molecule has 0 bridgehead atoms. The summed E-state index contributed by atoms with van der Waals surface area (Å²) in [6.07, 6.45) is 0. The van der Waals surface area contributed by atoms with E-state index in [2.05, 4.69) is 24.2 Å². The number of hydrogen-bond acceptors (Lipinski definition) is 3. The Balaban J connectivity index is 1.92. The summed E-state index contributed by atoms with van der Waals surface area (Å²) in [7, 11) is 0. The van der Waals surface area contributed by atoms with Crippen LogP contribution in [0.3, 0.4) is 0 Å². The van der Waals surface area contributed by atoms with Crippen LogP contribution in [0.1, 0.15) is 19.4 Å². The number of amidine groups is 1. The van der Waals surface area contributed by atoms with Crippen LogP contribution in [-0.4, -0.2) is 17.5 Å². The van der Waals surface area contributed by atoms with Gasteiger partial charge in [-0.05, 0) is 17.0 Å². The van der Waals surface area contributed by atoms with Crippen LogP contribution in [0, 0.1) is 5.41 Å². The molecule has 2 rings (SSSR count). The molecule has 0 spiro atoms. The molecule has 1 aromatic carbocycles. The number of thioether (sulfide) groups is 1. The van der Waals surface area contributed by atoms with Gasteiger partial charge < -0.3 is 5.32 Å². The molecule has 1 N–H and O–H groups in total. The van der Waals surface area contributed by atoms with Gasteiger partial charge in [0.1, 0.15) is 0 Å². The first kappa shape index (κ1) is 12.8. The first-order valence-corrected chi connectivity index (χ1v) is 7.08. The Kier molecular flexibility index (Phi) is 4.00. The van der Waals surface area contributed by atoms with Gasteiger partial charge in [0.15, 0.2) is 5.17 Å². The quantitative estimate of drug-likeness (QED) is 0.887. The van der Waals surface area contributed by atoms with Crippen molar-refractivity contribution in [3.8, 4) is 0 Å². The fraction of sp³-hybridized carbons (Fsp3) is 0.462. The van der Waals surface area contributed by atoms with E-state index in [1.165, 1.54) is 0 Å². The average Bonchev–Trinajstić information content (AvgIpc) is 2.30. The predicted molar refractivity (Wildman–Crippen MR) is 76.8 cm³/mol. The van der Waals surface area contributed by atoms with Gasteiger partial charge in [-0.15, -0.1) is 0 Å². The van der Waals surface area contributed by atoms with Crippen molar-refractivity contribution in [2.24, 2.45) is 10.4 Å². The van der Waals surface area contributed by atoms with E-state index in [0.29, 0.717) is 5.41 Å². The average molecular weight is 269 g/mol. The van der Waals surface area contributed by atoms with Crippen LogP contribution in [0.2, 0.25) is 5.02 Å². The van der Waals surface area contributed by atoms with E-state index in [9.17, 15) is 0 Å². The van der Waals surface area contributed by atoms with Gasteiger partial charge in [0, 0.05) is 23.9 Å². The molecule has 2 nitrogen and oxygen atoms in total. The summed E-state index contributed by atoms with van der Waals surface area (Å²) in [5, 5.41) is 5.18. The molecule has 1 aliphatic heterocycles. The largest absolute Gasteiger partial charge is 0.361 e. The summed E-state index contributed by atoms with van der Waals surface area (Å²) in [5.74, 6) is 1.11. The lowest BCUT2D eigenvalue weighted by atomic mass is 9.97. The van der Waals surface area contributed by atoms with E-state index in [4.69, 9.17) is 11.6 Å². The maximum absolute atomic E-state index is 6.10. The summed E-state index contributed by atoms with van der Waals surface area (Å²) in [5.41, 5.74) is 1.43. The minimum Gasteiger partial charge on any atom is -0.361 e. The van der Waals surface area contributed by atoms with Gasteiger partial charge in [-0.25, -0.2) is 0 Å². The first-order chi connectivity index (χ1) is 8.07. The van der Waals surface area contributed by atoms with Crippen LogP contribution >= 0.6 is 23.4 Å². The smallest absolute Gasteiger partial charge is 0.156 e. The summed E-state index contributed by atoms with van der Waals surface area (Å²) in [6.45, 7) is 6.12. The predicted octanol–water partition coefficient (Wildman–Crippen LogP) is 3.56. The van der Waals surface area contributed by atoms with Gasteiger partial charge in [0.25, 0.3) is 0 Å². The Morgan fingerprint density at radius 2 is 2.18 bits per heavy atom. The Bertz CT molecular complexity index is 429. The molecule has 0 radical (unpaired) electrons. The summed E-state index contributed by atoms with van der Waals surface area (Å²) in [6, 6.07) is 7.90. The number of aliphatic imine (C=N–C) groups is 1. The van der Waals surface area contributed by atoms with Gasteiger partial charge in [-0.2, -0.15) is 0 Å². The lowest BCUT2D eigenvalue weighted by Crippen LogP contribution is -2.31. The molecule has 0 saturated heterocycles. The third kappa shape index (κ3) is 3.65. The molecule has 0 atom stereocenters. The number of benzene rings is 1. The van der Waals surface area contributed by atoms with Crippen molar-refractivity contribution in [1.82, 2.24) is 5.32 Å². The van der Waals surface area contributed by atoms with E-state index in [1.807, 2.05) is 24.3 Å². The molecule has 0 aliphatic carbocycles. The highest BCUT2D eigenvalue weighted by molar-refractivity contribution is 8.13. The summed E-state index contributed by atoms with van der Waals surface area (Å²) >= 11 is 7.89. The Morgan fingerprint density at radius 1 is 1.41 bits per heavy atom. The van der Waals surface area contributed by atoms with Gasteiger partial charge in [-0.1, -0.05) is 55.4 Å². The second kappa shape index (κ2) is 5.32. The van der Waals surface area contributed by atoms with E-state index in [-0.39, 0.29) is 0 Å². The monoisotopic (exact) mass is 268 g/mol. The van der Waals surface area contributed by atoms with Crippen LogP contribution in [-0.2, 0) is 6.54 Å². The van der Waals surface area contributed by atoms with Crippen LogP contribution in [0.25, 0.3) is 0 Å². The molecule has 0 amide bonds. The van der Waals surface area contributed by atoms with Crippen LogP contribution in [0.4, 0.5) is 0 Å². The zero-order chi connectivity index (χ0) is 12.3. The van der Waals surface area contributed by atoms with Gasteiger partial charge >= 0.3 is 0 Å². The molecular formula is C13H17ClN2S. The Labute approximate surface area is 112 Å². The molecule has 1 heterocycles. The van der Waals surface area contributed by atoms with Crippen molar-refractivity contribution >= 4 is 28.5 Å². The minimum absolute atomic E-state index is 0.320. The molecule has 1 aromatic rings. The van der Waals surface area contributed by atoms with Crippen LogP contribution in [0.5, 0.6) is 0 Å². The number of nitrogens with zero attached hydrogens (tertiary/aromatic N) is 1. The molecule has 0 saturated carbocycles. The molecule has 0 aromatic heterocycles. The third-order valence-electron chi connectivity index (χ3n) is 2.64. The van der Waals surface area contributed by atoms with Crippen molar-refractivity contribution in [1.29, 1.82) is 0 Å². The summed E-state index contributed by atoms with van der Waals surface area (Å²) < 4.78 is 0. The standard InChI is InChI=1S/C13H17ClN2S/c1-13(2)8-16-12(17-9-13)15-7-10-5-3-4-6-11(10)14/h3-6H,7-9H2,1-2H3,(H,15,16). The fourth-order valence-corrected chi connectivity index (χ4v) is 2.71. The van der Waals surface area contributed by atoms with Gasteiger partial charge in [0.05, 0.1) is 0 Å². The molecule has 0 fully saturated rings. The second-order valence-corrected chi connectivity index (χ2v) is 6.39. The van der Waals surface area contributed by atoms with Crippen molar-refractivity contribution in [3.63, 3.8) is 0 Å². The number of rotatable bonds is 2. The molecule has 4 heteroatoms. The molecular weight excluding hydrogens is 252 g/mol. The molecule has 0 unspecified atom stereocenters. The van der Waals surface area contributed by atoms with E-state index < -0.39 is 0 Å². The van der Waals surface area contributed by atoms with Gasteiger partial charge in [0.2, 0.25) is 0 Å². The van der Waals surface area contributed by atoms with Crippen molar-refractivity contribution in [2.75, 3.05) is 12.3 Å². The van der Waals surface area contributed by atoms with Crippen molar-refractivity contribution < 1.29 is 0 Å².